The molecule has 0 saturated carbocycles. The van der Waals surface area contributed by atoms with Crippen molar-refractivity contribution in [1.82, 2.24) is 5.32 Å². The van der Waals surface area contributed by atoms with Crippen LogP contribution in [0.25, 0.3) is 0 Å². The van der Waals surface area contributed by atoms with E-state index in [9.17, 15) is 19.8 Å². The third kappa shape index (κ3) is 48.8. The Kier molecular flexibility index (Phi) is 50.2. The highest BCUT2D eigenvalue weighted by molar-refractivity contribution is 5.76. The molecule has 3 N–H and O–H groups in total. The Morgan fingerprint density at radius 1 is 0.444 bits per heavy atom. The summed E-state index contributed by atoms with van der Waals surface area (Å²) in [4.78, 5) is 24.4. The molecule has 366 valence electrons. The summed E-state index contributed by atoms with van der Waals surface area (Å²) in [7, 11) is 0. The Bertz CT molecular complexity index is 1110. The first-order chi connectivity index (χ1) is 31.0. The summed E-state index contributed by atoms with van der Waals surface area (Å²) in [6, 6.07) is -0.674. The van der Waals surface area contributed by atoms with Crippen LogP contribution in [0.4, 0.5) is 0 Å². The van der Waals surface area contributed by atoms with Gasteiger partial charge in [-0.05, 0) is 77.0 Å². The second-order valence-corrected chi connectivity index (χ2v) is 18.2. The van der Waals surface area contributed by atoms with Crippen LogP contribution in [0.2, 0.25) is 0 Å². The van der Waals surface area contributed by atoms with E-state index < -0.39 is 12.1 Å². The average Bonchev–Trinajstić information content (AvgIpc) is 3.28. The highest BCUT2D eigenvalue weighted by Gasteiger charge is 2.17. The van der Waals surface area contributed by atoms with Gasteiger partial charge in [-0.3, -0.25) is 9.59 Å². The topological polar surface area (TPSA) is 95.9 Å². The van der Waals surface area contributed by atoms with E-state index in [4.69, 9.17) is 4.74 Å². The molecular formula is C57H103NO5. The molecule has 6 heteroatoms. The molecule has 6 nitrogen and oxygen atoms in total. The zero-order valence-corrected chi connectivity index (χ0v) is 41.5. The third-order valence-electron chi connectivity index (χ3n) is 12.0. The smallest absolute Gasteiger partial charge is 0.305 e. The van der Waals surface area contributed by atoms with Gasteiger partial charge >= 0.3 is 5.97 Å². The van der Waals surface area contributed by atoms with Crippen molar-refractivity contribution < 1.29 is 24.5 Å². The summed E-state index contributed by atoms with van der Waals surface area (Å²) in [6.45, 7) is 4.79. The molecule has 0 rings (SSSR count). The van der Waals surface area contributed by atoms with Crippen molar-refractivity contribution in [2.75, 3.05) is 13.2 Å². The van der Waals surface area contributed by atoms with Crippen LogP contribution >= 0.6 is 0 Å². The van der Waals surface area contributed by atoms with Gasteiger partial charge in [-0.25, -0.2) is 0 Å². The zero-order valence-electron chi connectivity index (χ0n) is 41.5. The van der Waals surface area contributed by atoms with Crippen LogP contribution < -0.4 is 5.32 Å². The quantitative estimate of drug-likeness (QED) is 0.0321. The molecule has 0 aromatic rings. The van der Waals surface area contributed by atoms with Gasteiger partial charge in [0.15, 0.2) is 0 Å². The van der Waals surface area contributed by atoms with Crippen LogP contribution in [0, 0.1) is 0 Å². The van der Waals surface area contributed by atoms with Gasteiger partial charge in [0.1, 0.15) is 0 Å². The van der Waals surface area contributed by atoms with E-state index in [2.05, 4.69) is 61.7 Å². The molecule has 0 saturated heterocycles. The number of hydrogen-bond acceptors (Lipinski definition) is 5. The number of hydrogen-bond donors (Lipinski definition) is 3. The normalized spacial score (nSPS) is 13.1. The number of aliphatic hydroxyl groups is 2. The summed E-state index contributed by atoms with van der Waals surface area (Å²) < 4.78 is 5.44. The summed E-state index contributed by atoms with van der Waals surface area (Å²) in [5.74, 6) is -0.183. The van der Waals surface area contributed by atoms with Gasteiger partial charge in [0, 0.05) is 12.8 Å². The minimum Gasteiger partial charge on any atom is -0.466 e. The lowest BCUT2D eigenvalue weighted by atomic mass is 10.0. The Morgan fingerprint density at radius 3 is 1.29 bits per heavy atom. The second kappa shape index (κ2) is 52.2. The molecule has 0 aliphatic carbocycles. The molecule has 0 aliphatic rings. The van der Waals surface area contributed by atoms with Crippen molar-refractivity contribution in [3.63, 3.8) is 0 Å². The maximum atomic E-state index is 12.4. The minimum atomic E-state index is -0.881. The molecule has 0 fully saturated rings. The van der Waals surface area contributed by atoms with Crippen LogP contribution in [-0.4, -0.2) is 47.4 Å². The molecule has 0 aromatic carbocycles. The summed E-state index contributed by atoms with van der Waals surface area (Å²) >= 11 is 0. The van der Waals surface area contributed by atoms with Crippen molar-refractivity contribution in [2.45, 2.75) is 276 Å². The van der Waals surface area contributed by atoms with E-state index >= 15 is 0 Å². The van der Waals surface area contributed by atoms with E-state index in [0.717, 1.165) is 64.2 Å². The minimum absolute atomic E-state index is 0.0339. The van der Waals surface area contributed by atoms with Crippen molar-refractivity contribution in [3.05, 3.63) is 60.8 Å². The van der Waals surface area contributed by atoms with Crippen molar-refractivity contribution in [2.24, 2.45) is 0 Å². The predicted octanol–water partition coefficient (Wildman–Crippen LogP) is 16.4. The van der Waals surface area contributed by atoms with Gasteiger partial charge in [0.2, 0.25) is 5.91 Å². The van der Waals surface area contributed by atoms with Gasteiger partial charge in [-0.15, -0.1) is 0 Å². The number of unbranched alkanes of at least 4 members (excludes halogenated alkanes) is 30. The lowest BCUT2D eigenvalue weighted by Gasteiger charge is -2.19. The summed E-state index contributed by atoms with van der Waals surface area (Å²) in [5, 5.41) is 23.0. The monoisotopic (exact) mass is 882 g/mol. The molecule has 0 spiro atoms. The van der Waals surface area contributed by atoms with Crippen LogP contribution in [0.5, 0.6) is 0 Å². The van der Waals surface area contributed by atoms with E-state index in [1.165, 1.54) is 167 Å². The number of allylic oxidation sites excluding steroid dienone is 9. The van der Waals surface area contributed by atoms with Crippen LogP contribution in [0.1, 0.15) is 264 Å². The lowest BCUT2D eigenvalue weighted by molar-refractivity contribution is -0.143. The molecule has 2 unspecified atom stereocenters. The number of amides is 1. The SMILES string of the molecule is CCCC/C=C\C/C=C\CCCCCCCC(=O)OCCCCCCCC/C=C\C/C=C\CCC(=O)NC(CO)C(O)/C=C/CCCCCCCCCCCCCCCCCCC. The standard InChI is InChI=1S/C57H103NO5/c1-3-5-7-9-11-13-15-17-19-20-21-22-23-25-29-33-37-41-45-49-55(60)54(53-59)58-56(61)50-46-42-38-34-30-26-24-28-32-36-40-44-48-52-63-57(62)51-47-43-39-35-31-27-18-16-14-12-10-8-6-4-2/h10,12,16,18,26,30,38,42,45,49,54-55,59-60H,3-9,11,13-15,17,19-25,27-29,31-37,39-41,43-44,46-48,50-53H2,1-2H3,(H,58,61)/b12-10-,18-16-,30-26-,42-38-,49-45+. The highest BCUT2D eigenvalue weighted by Crippen LogP contribution is 2.15. The number of rotatable bonds is 49. The molecule has 0 aromatic heterocycles. The van der Waals surface area contributed by atoms with E-state index in [-0.39, 0.29) is 18.5 Å². The Morgan fingerprint density at radius 2 is 0.825 bits per heavy atom. The van der Waals surface area contributed by atoms with Crippen LogP contribution in [0.3, 0.4) is 0 Å². The van der Waals surface area contributed by atoms with Gasteiger partial charge in [0.25, 0.3) is 0 Å². The second-order valence-electron chi connectivity index (χ2n) is 18.2. The van der Waals surface area contributed by atoms with Crippen molar-refractivity contribution in [1.29, 1.82) is 0 Å². The average molecular weight is 882 g/mol. The number of aliphatic hydroxyl groups excluding tert-OH is 2. The number of nitrogens with one attached hydrogen (secondary N) is 1. The van der Waals surface area contributed by atoms with E-state index in [0.29, 0.717) is 25.9 Å². The summed E-state index contributed by atoms with van der Waals surface area (Å²) in [5.41, 5.74) is 0. The fourth-order valence-corrected chi connectivity index (χ4v) is 7.82. The molecule has 0 bridgehead atoms. The Hall–Kier alpha value is -2.44. The fourth-order valence-electron chi connectivity index (χ4n) is 7.82. The molecule has 1 amide bonds. The number of carbonyl (C=O) groups is 2. The highest BCUT2D eigenvalue weighted by atomic mass is 16.5. The van der Waals surface area contributed by atoms with Crippen LogP contribution in [-0.2, 0) is 14.3 Å². The third-order valence-corrected chi connectivity index (χ3v) is 12.0. The molecule has 0 radical (unpaired) electrons. The van der Waals surface area contributed by atoms with E-state index in [1.807, 2.05) is 12.2 Å². The predicted molar refractivity (Wildman–Crippen MR) is 273 cm³/mol. The maximum absolute atomic E-state index is 12.4. The molecule has 2 atom stereocenters. The Labute approximate surface area is 390 Å². The molecular weight excluding hydrogens is 779 g/mol. The molecule has 0 heterocycles. The molecule has 0 aliphatic heterocycles. The maximum Gasteiger partial charge on any atom is 0.305 e. The van der Waals surface area contributed by atoms with Gasteiger partial charge in [0.05, 0.1) is 25.4 Å². The first-order valence-corrected chi connectivity index (χ1v) is 27.1. The van der Waals surface area contributed by atoms with Gasteiger partial charge in [-0.2, -0.15) is 0 Å². The van der Waals surface area contributed by atoms with Gasteiger partial charge < -0.3 is 20.3 Å². The fraction of sp³-hybridized carbons (Fsp3) is 0.789. The zero-order chi connectivity index (χ0) is 45.8. The largest absolute Gasteiger partial charge is 0.466 e. The lowest BCUT2D eigenvalue weighted by Crippen LogP contribution is -2.45. The van der Waals surface area contributed by atoms with Crippen molar-refractivity contribution in [3.8, 4) is 0 Å². The summed E-state index contributed by atoms with van der Waals surface area (Å²) in [6.07, 6.45) is 66.7. The first kappa shape index (κ1) is 60.6. The molecule has 63 heavy (non-hydrogen) atoms. The number of carbonyl (C=O) groups excluding carboxylic acids is 2. The first-order valence-electron chi connectivity index (χ1n) is 27.1. The Balaban J connectivity index is 3.61. The van der Waals surface area contributed by atoms with Gasteiger partial charge in [-0.1, -0.05) is 235 Å². The van der Waals surface area contributed by atoms with E-state index in [1.54, 1.807) is 6.08 Å². The van der Waals surface area contributed by atoms with Crippen LogP contribution in [0.15, 0.2) is 60.8 Å². The number of ether oxygens (including phenoxy) is 1. The number of esters is 1. The van der Waals surface area contributed by atoms with Crippen molar-refractivity contribution >= 4 is 11.9 Å².